The molecule has 0 fully saturated rings. The van der Waals surface area contributed by atoms with E-state index >= 15 is 0 Å². The van der Waals surface area contributed by atoms with Crippen molar-refractivity contribution in [3.05, 3.63) is 84.5 Å². The van der Waals surface area contributed by atoms with Gasteiger partial charge in [0.05, 0.1) is 0 Å². The standard InChI is InChI=1S/C34H49N3O6/c1-3-5-6-7-8-9-10-11-12-13-14-15-16-17-18-19-20-21-26-43-31(4-2)32(39)35-24-25-36-34(42)37-28-22-23-30(38)29(27-28)33(40)41/h5-6,8-9,11-12,14-15,17-18,22-23,27,31,38H,3-4,7,10,13,16,19-21,24-26H2,1-2H3,(H,35,39)(H,40,41)(H2,36,37,42)/b6-5-,9-8-,12-11-,15-14-,18-17-. The third-order valence-corrected chi connectivity index (χ3v) is 6.10. The minimum absolute atomic E-state index is 0.172. The number of hydrogen-bond donors (Lipinski definition) is 5. The summed E-state index contributed by atoms with van der Waals surface area (Å²) in [5.74, 6) is -1.92. The molecular formula is C34H49N3O6. The highest BCUT2D eigenvalue weighted by atomic mass is 16.5. The molecule has 1 unspecified atom stereocenters. The molecular weight excluding hydrogens is 546 g/mol. The van der Waals surface area contributed by atoms with Gasteiger partial charge in [0, 0.05) is 25.4 Å². The van der Waals surface area contributed by atoms with Crippen LogP contribution in [0.2, 0.25) is 0 Å². The minimum atomic E-state index is -1.30. The highest BCUT2D eigenvalue weighted by molar-refractivity contribution is 5.95. The average Bonchev–Trinajstić information content (AvgIpc) is 2.99. The Morgan fingerprint density at radius 3 is 1.98 bits per heavy atom. The molecule has 0 aliphatic rings. The summed E-state index contributed by atoms with van der Waals surface area (Å²) in [6.07, 6.45) is 29.6. The van der Waals surface area contributed by atoms with Crippen molar-refractivity contribution in [2.75, 3.05) is 25.0 Å². The maximum atomic E-state index is 12.4. The molecule has 1 rings (SSSR count). The van der Waals surface area contributed by atoms with Crippen LogP contribution in [-0.4, -0.2) is 53.9 Å². The van der Waals surface area contributed by atoms with Gasteiger partial charge in [0.2, 0.25) is 5.91 Å². The molecule has 0 heterocycles. The summed E-state index contributed by atoms with van der Waals surface area (Å²) >= 11 is 0. The van der Waals surface area contributed by atoms with E-state index in [4.69, 9.17) is 9.84 Å². The van der Waals surface area contributed by atoms with Crippen molar-refractivity contribution in [1.29, 1.82) is 0 Å². The smallest absolute Gasteiger partial charge is 0.339 e. The number of amides is 3. The van der Waals surface area contributed by atoms with Gasteiger partial charge in [-0.1, -0.05) is 74.6 Å². The fourth-order valence-corrected chi connectivity index (χ4v) is 3.77. The number of carboxylic acid groups (broad SMARTS) is 1. The van der Waals surface area contributed by atoms with Gasteiger partial charge in [0.15, 0.2) is 0 Å². The molecule has 3 amide bonds. The van der Waals surface area contributed by atoms with Gasteiger partial charge >= 0.3 is 12.0 Å². The summed E-state index contributed by atoms with van der Waals surface area (Å²) in [5, 5.41) is 26.4. The first kappa shape index (κ1) is 36.9. The second-order valence-corrected chi connectivity index (χ2v) is 9.68. The molecule has 0 aromatic heterocycles. The maximum absolute atomic E-state index is 12.4. The first-order chi connectivity index (χ1) is 20.9. The van der Waals surface area contributed by atoms with Crippen LogP contribution in [0.15, 0.2) is 79.0 Å². The number of nitrogens with one attached hydrogen (secondary N) is 3. The SMILES string of the molecule is CC/C=C\C/C=C\C/C=C\C/C=C\C/C=C\CCCCOC(CC)C(=O)NCCNC(=O)Nc1ccc(O)c(C(=O)O)c1. The molecule has 0 saturated carbocycles. The summed E-state index contributed by atoms with van der Waals surface area (Å²) in [4.78, 5) is 35.5. The fourth-order valence-electron chi connectivity index (χ4n) is 3.77. The van der Waals surface area contributed by atoms with E-state index < -0.39 is 18.1 Å². The number of hydrogen-bond acceptors (Lipinski definition) is 5. The molecule has 0 aliphatic heterocycles. The number of unbranched alkanes of at least 4 members (excludes halogenated alkanes) is 2. The molecule has 0 saturated heterocycles. The number of allylic oxidation sites excluding steroid dienone is 10. The Hall–Kier alpha value is -4.11. The van der Waals surface area contributed by atoms with Gasteiger partial charge in [-0.15, -0.1) is 0 Å². The average molecular weight is 596 g/mol. The monoisotopic (exact) mass is 595 g/mol. The predicted octanol–water partition coefficient (Wildman–Crippen LogP) is 7.05. The Morgan fingerprint density at radius 1 is 0.814 bits per heavy atom. The molecule has 9 heteroatoms. The summed E-state index contributed by atoms with van der Waals surface area (Å²) in [6, 6.07) is 3.17. The van der Waals surface area contributed by atoms with E-state index in [0.717, 1.165) is 57.4 Å². The number of carbonyl (C=O) groups excluding carboxylic acids is 2. The first-order valence-corrected chi connectivity index (χ1v) is 15.1. The van der Waals surface area contributed by atoms with E-state index in [1.54, 1.807) is 0 Å². The van der Waals surface area contributed by atoms with Crippen molar-refractivity contribution < 1.29 is 29.3 Å². The zero-order valence-corrected chi connectivity index (χ0v) is 25.6. The number of urea groups is 1. The quantitative estimate of drug-likeness (QED) is 0.0554. The first-order valence-electron chi connectivity index (χ1n) is 15.1. The number of ether oxygens (including phenoxy) is 1. The van der Waals surface area contributed by atoms with Crippen LogP contribution in [0.5, 0.6) is 5.75 Å². The topological polar surface area (TPSA) is 137 Å². The van der Waals surface area contributed by atoms with Gasteiger partial charge in [-0.25, -0.2) is 9.59 Å². The Morgan fingerprint density at radius 2 is 1.40 bits per heavy atom. The predicted molar refractivity (Wildman–Crippen MR) is 173 cm³/mol. The van der Waals surface area contributed by atoms with Crippen LogP contribution in [-0.2, 0) is 9.53 Å². The highest BCUT2D eigenvalue weighted by Gasteiger charge is 2.16. The lowest BCUT2D eigenvalue weighted by molar-refractivity contribution is -0.133. The molecule has 1 aromatic rings. The van der Waals surface area contributed by atoms with E-state index in [1.165, 1.54) is 12.1 Å². The van der Waals surface area contributed by atoms with Crippen molar-refractivity contribution in [1.82, 2.24) is 10.6 Å². The summed E-state index contributed by atoms with van der Waals surface area (Å²) in [5.41, 5.74) is -0.0950. The van der Waals surface area contributed by atoms with Crippen LogP contribution in [0.4, 0.5) is 10.5 Å². The van der Waals surface area contributed by atoms with Crippen molar-refractivity contribution in [2.45, 2.75) is 77.7 Å². The van der Waals surface area contributed by atoms with Crippen molar-refractivity contribution >= 4 is 23.6 Å². The largest absolute Gasteiger partial charge is 0.507 e. The summed E-state index contributed by atoms with van der Waals surface area (Å²) in [7, 11) is 0. The van der Waals surface area contributed by atoms with E-state index in [0.29, 0.717) is 13.0 Å². The zero-order chi connectivity index (χ0) is 31.5. The molecule has 43 heavy (non-hydrogen) atoms. The number of carboxylic acids is 1. The second kappa shape index (κ2) is 24.5. The van der Waals surface area contributed by atoms with Crippen LogP contribution in [0.25, 0.3) is 0 Å². The molecule has 9 nitrogen and oxygen atoms in total. The lowest BCUT2D eigenvalue weighted by atomic mass is 10.2. The van der Waals surface area contributed by atoms with Gasteiger partial charge in [-0.3, -0.25) is 4.79 Å². The molecule has 0 aliphatic carbocycles. The summed E-state index contributed by atoms with van der Waals surface area (Å²) < 4.78 is 5.75. The lowest BCUT2D eigenvalue weighted by Crippen LogP contribution is -2.41. The summed E-state index contributed by atoms with van der Waals surface area (Å²) in [6.45, 7) is 4.91. The van der Waals surface area contributed by atoms with Gasteiger partial charge in [0.25, 0.3) is 0 Å². The Bertz CT molecular complexity index is 1110. The molecule has 0 radical (unpaired) electrons. The van der Waals surface area contributed by atoms with Crippen LogP contribution in [0.3, 0.4) is 0 Å². The van der Waals surface area contributed by atoms with E-state index in [9.17, 15) is 19.5 Å². The molecule has 236 valence electrons. The number of aromatic hydroxyl groups is 1. The number of anilines is 1. The number of phenols is 1. The van der Waals surface area contributed by atoms with Crippen LogP contribution in [0.1, 0.15) is 82.0 Å². The third kappa shape index (κ3) is 18.8. The van der Waals surface area contributed by atoms with Crippen LogP contribution < -0.4 is 16.0 Å². The molecule has 0 spiro atoms. The van der Waals surface area contributed by atoms with Gasteiger partial charge in [0.1, 0.15) is 17.4 Å². The normalized spacial score (nSPS) is 12.6. The number of rotatable bonds is 22. The van der Waals surface area contributed by atoms with Crippen molar-refractivity contribution in [3.8, 4) is 5.75 Å². The van der Waals surface area contributed by atoms with E-state index in [-0.39, 0.29) is 36.0 Å². The fraction of sp³-hybridized carbons (Fsp3) is 0.441. The van der Waals surface area contributed by atoms with Crippen molar-refractivity contribution in [2.24, 2.45) is 0 Å². The molecule has 1 atom stereocenters. The Kier molecular flexibility index (Phi) is 21.0. The van der Waals surface area contributed by atoms with Gasteiger partial charge in [-0.2, -0.15) is 0 Å². The Labute approximate surface area is 256 Å². The number of aromatic carboxylic acids is 1. The Balaban J connectivity index is 2.10. The van der Waals surface area contributed by atoms with Crippen LogP contribution in [0, 0.1) is 0 Å². The third-order valence-electron chi connectivity index (χ3n) is 6.10. The molecule has 5 N–H and O–H groups in total. The number of carbonyl (C=O) groups is 3. The molecule has 1 aromatic carbocycles. The van der Waals surface area contributed by atoms with Gasteiger partial charge in [-0.05, 0) is 76.0 Å². The van der Waals surface area contributed by atoms with Crippen LogP contribution >= 0.6 is 0 Å². The lowest BCUT2D eigenvalue weighted by Gasteiger charge is -2.16. The second-order valence-electron chi connectivity index (χ2n) is 9.68. The van der Waals surface area contributed by atoms with Gasteiger partial charge < -0.3 is 30.9 Å². The maximum Gasteiger partial charge on any atom is 0.339 e. The minimum Gasteiger partial charge on any atom is -0.507 e. The van der Waals surface area contributed by atoms with Crippen molar-refractivity contribution in [3.63, 3.8) is 0 Å². The highest BCUT2D eigenvalue weighted by Crippen LogP contribution is 2.21. The zero-order valence-electron chi connectivity index (χ0n) is 25.6. The van der Waals surface area contributed by atoms with E-state index in [1.807, 2.05) is 6.92 Å². The van der Waals surface area contributed by atoms with E-state index in [2.05, 4.69) is 83.6 Å². The molecule has 0 bridgehead atoms. The number of benzene rings is 1.